The fourth-order valence-corrected chi connectivity index (χ4v) is 6.11. The lowest BCUT2D eigenvalue weighted by Gasteiger charge is -2.40. The number of amides is 2. The largest absolute Gasteiger partial charge is 0.497 e. The Balaban J connectivity index is 1.58. The Morgan fingerprint density at radius 1 is 0.971 bits per heavy atom. The van der Waals surface area contributed by atoms with Crippen LogP contribution in [0.1, 0.15) is 61.9 Å². The van der Waals surface area contributed by atoms with Crippen LogP contribution in [0.15, 0.2) is 24.3 Å². The van der Waals surface area contributed by atoms with Crippen LogP contribution in [-0.2, 0) is 11.4 Å². The molecule has 9 heteroatoms. The molecule has 9 nitrogen and oxygen atoms in total. The molecule has 6 rings (SSSR count). The molecule has 0 bridgehead atoms. The Hall–Kier alpha value is -3.20. The molecule has 3 fully saturated rings. The molecule has 1 unspecified atom stereocenters. The minimum Gasteiger partial charge on any atom is -0.497 e. The number of hydrogen-bond acceptors (Lipinski definition) is 6. The number of carbonyl (C=O) groups is 2. The van der Waals surface area contributed by atoms with Crippen LogP contribution in [0.4, 0.5) is 9.59 Å². The second-order valence-corrected chi connectivity index (χ2v) is 10.0. The normalized spacial score (nSPS) is 23.1. The average molecular weight is 467 g/mol. The van der Waals surface area contributed by atoms with E-state index < -0.39 is 12.2 Å². The minimum absolute atomic E-state index is 0.0142. The molecule has 1 atom stereocenters. The second kappa shape index (κ2) is 7.66. The van der Waals surface area contributed by atoms with Crippen LogP contribution >= 0.6 is 0 Å². The summed E-state index contributed by atoms with van der Waals surface area (Å²) in [6.45, 7) is 1.14. The molecule has 1 aromatic carbocycles. The van der Waals surface area contributed by atoms with Gasteiger partial charge in [0.15, 0.2) is 5.75 Å². The van der Waals surface area contributed by atoms with Crippen molar-refractivity contribution in [1.29, 1.82) is 0 Å². The van der Waals surface area contributed by atoms with Crippen molar-refractivity contribution in [2.75, 3.05) is 13.7 Å². The number of benzene rings is 1. The van der Waals surface area contributed by atoms with Crippen LogP contribution < -0.4 is 20.9 Å². The Morgan fingerprint density at radius 3 is 2.21 bits per heavy atom. The van der Waals surface area contributed by atoms with E-state index in [0.29, 0.717) is 30.7 Å². The van der Waals surface area contributed by atoms with Crippen LogP contribution in [0.5, 0.6) is 11.5 Å². The summed E-state index contributed by atoms with van der Waals surface area (Å²) in [7, 11) is 1.63. The van der Waals surface area contributed by atoms with Crippen molar-refractivity contribution in [1.82, 2.24) is 9.63 Å². The van der Waals surface area contributed by atoms with E-state index in [4.69, 9.17) is 25.8 Å². The Morgan fingerprint density at radius 2 is 1.68 bits per heavy atom. The van der Waals surface area contributed by atoms with E-state index in [0.717, 1.165) is 61.1 Å². The Kier molecular flexibility index (Phi) is 4.81. The van der Waals surface area contributed by atoms with Crippen LogP contribution in [0.2, 0.25) is 0 Å². The van der Waals surface area contributed by atoms with Gasteiger partial charge in [0.1, 0.15) is 5.75 Å². The van der Waals surface area contributed by atoms with Gasteiger partial charge in [0, 0.05) is 23.7 Å². The lowest BCUT2D eigenvalue weighted by molar-refractivity contribution is -0.164. The van der Waals surface area contributed by atoms with Crippen molar-refractivity contribution in [2.45, 2.75) is 57.0 Å². The Labute approximate surface area is 197 Å². The van der Waals surface area contributed by atoms with Gasteiger partial charge in [0.05, 0.1) is 25.4 Å². The molecule has 0 spiro atoms. The van der Waals surface area contributed by atoms with Gasteiger partial charge in [-0.3, -0.25) is 0 Å². The summed E-state index contributed by atoms with van der Waals surface area (Å²) in [5, 5.41) is 1.73. The minimum atomic E-state index is -0.853. The highest BCUT2D eigenvalue weighted by Crippen LogP contribution is 2.70. The molecule has 3 saturated carbocycles. The van der Waals surface area contributed by atoms with Crippen molar-refractivity contribution in [3.05, 3.63) is 35.7 Å². The molecule has 3 aliphatic carbocycles. The molecule has 180 valence electrons. The number of methoxy groups -OCH3 is 1. The monoisotopic (exact) mass is 466 g/mol. The number of aromatic nitrogens is 1. The quantitative estimate of drug-likeness (QED) is 0.635. The number of hydrogen-bond donors (Lipinski definition) is 2. The summed E-state index contributed by atoms with van der Waals surface area (Å²) < 4.78 is 13.5. The SMILES string of the molecule is COc1ccc(-c2c(OC(N)=O)c3n(c2C2CC2)CCN(OC(N)=O)C3C2(C3CC3)CC2)cc1. The summed E-state index contributed by atoms with van der Waals surface area (Å²) in [5.41, 5.74) is 14.9. The van der Waals surface area contributed by atoms with E-state index in [1.165, 1.54) is 5.69 Å². The summed E-state index contributed by atoms with van der Waals surface area (Å²) >= 11 is 0. The highest BCUT2D eigenvalue weighted by atomic mass is 16.7. The van der Waals surface area contributed by atoms with Crippen molar-refractivity contribution in [2.24, 2.45) is 22.8 Å². The van der Waals surface area contributed by atoms with E-state index in [-0.39, 0.29) is 11.5 Å². The zero-order chi connectivity index (χ0) is 23.6. The molecule has 34 heavy (non-hydrogen) atoms. The van der Waals surface area contributed by atoms with E-state index in [1.54, 1.807) is 12.2 Å². The van der Waals surface area contributed by atoms with Gasteiger partial charge in [-0.05, 0) is 67.6 Å². The topological polar surface area (TPSA) is 122 Å². The molecule has 1 aliphatic heterocycles. The standard InChI is InChI=1S/C25H30N4O5/c1-32-17-8-4-14(5-9-17)18-19(15-2-3-15)28-12-13-29(34-24(27)31)22(20(28)21(18)33-23(26)30)25(10-11-25)16-6-7-16/h4-5,8-9,15-16,22H,2-3,6-7,10-13H2,1H3,(H2,26,30)(H2,27,31). The summed E-state index contributed by atoms with van der Waals surface area (Å²) in [6, 6.07) is 7.55. The molecule has 1 aromatic heterocycles. The molecule has 0 radical (unpaired) electrons. The summed E-state index contributed by atoms with van der Waals surface area (Å²) in [4.78, 5) is 29.5. The maximum Gasteiger partial charge on any atom is 0.423 e. The van der Waals surface area contributed by atoms with E-state index in [2.05, 4.69) is 4.57 Å². The number of ether oxygens (including phenoxy) is 2. The first-order chi connectivity index (χ1) is 16.4. The second-order valence-electron chi connectivity index (χ2n) is 10.0. The van der Waals surface area contributed by atoms with E-state index >= 15 is 0 Å². The predicted molar refractivity (Wildman–Crippen MR) is 123 cm³/mol. The van der Waals surface area contributed by atoms with Gasteiger partial charge >= 0.3 is 12.2 Å². The van der Waals surface area contributed by atoms with Gasteiger partial charge < -0.3 is 30.3 Å². The molecule has 2 amide bonds. The van der Waals surface area contributed by atoms with E-state index in [9.17, 15) is 9.59 Å². The predicted octanol–water partition coefficient (Wildman–Crippen LogP) is 4.06. The van der Waals surface area contributed by atoms with Gasteiger partial charge in [-0.25, -0.2) is 9.59 Å². The number of nitrogens with two attached hydrogens (primary N) is 2. The third-order valence-electron chi connectivity index (χ3n) is 7.90. The number of rotatable bonds is 7. The van der Waals surface area contributed by atoms with Gasteiger partial charge in [-0.1, -0.05) is 12.1 Å². The van der Waals surface area contributed by atoms with Gasteiger partial charge in [0.25, 0.3) is 0 Å². The zero-order valence-electron chi connectivity index (χ0n) is 19.3. The zero-order valence-corrected chi connectivity index (χ0v) is 19.3. The van der Waals surface area contributed by atoms with Crippen LogP contribution in [0.3, 0.4) is 0 Å². The van der Waals surface area contributed by atoms with Crippen LogP contribution in [0.25, 0.3) is 11.1 Å². The number of nitrogens with zero attached hydrogens (tertiary/aromatic N) is 2. The van der Waals surface area contributed by atoms with Crippen molar-refractivity contribution in [3.63, 3.8) is 0 Å². The molecular weight excluding hydrogens is 436 g/mol. The van der Waals surface area contributed by atoms with Crippen LogP contribution in [0, 0.1) is 11.3 Å². The van der Waals surface area contributed by atoms with Gasteiger partial charge in [-0.2, -0.15) is 0 Å². The third kappa shape index (κ3) is 3.41. The highest BCUT2D eigenvalue weighted by molar-refractivity contribution is 5.81. The highest BCUT2D eigenvalue weighted by Gasteiger charge is 2.63. The number of hydroxylamine groups is 2. The fourth-order valence-electron chi connectivity index (χ4n) is 6.11. The first-order valence-electron chi connectivity index (χ1n) is 12.0. The van der Waals surface area contributed by atoms with Crippen molar-refractivity contribution < 1.29 is 23.9 Å². The maximum absolute atomic E-state index is 12.2. The first kappa shape index (κ1) is 21.3. The summed E-state index contributed by atoms with van der Waals surface area (Å²) in [6.07, 6.45) is 4.89. The molecule has 4 aliphatic rings. The maximum atomic E-state index is 12.2. The molecule has 4 N–H and O–H groups in total. The molecule has 2 heterocycles. The van der Waals surface area contributed by atoms with E-state index in [1.807, 2.05) is 24.3 Å². The lowest BCUT2D eigenvalue weighted by Crippen LogP contribution is -2.45. The third-order valence-corrected chi connectivity index (χ3v) is 7.90. The number of fused-ring (bicyclic) bond motifs is 1. The average Bonchev–Trinajstić information content (AvgIpc) is 3.67. The van der Waals surface area contributed by atoms with Gasteiger partial charge in [-0.15, -0.1) is 5.06 Å². The fraction of sp³-hybridized carbons (Fsp3) is 0.520. The smallest absolute Gasteiger partial charge is 0.423 e. The van der Waals surface area contributed by atoms with Gasteiger partial charge in [0.2, 0.25) is 0 Å². The van der Waals surface area contributed by atoms with Crippen molar-refractivity contribution in [3.8, 4) is 22.6 Å². The number of primary amides is 2. The summed E-state index contributed by atoms with van der Waals surface area (Å²) in [5.74, 6) is 2.19. The lowest BCUT2D eigenvalue weighted by atomic mass is 9.86. The molecular formula is C25H30N4O5. The molecule has 2 aromatic rings. The Bertz CT molecular complexity index is 1150. The first-order valence-corrected chi connectivity index (χ1v) is 12.0. The van der Waals surface area contributed by atoms with Crippen molar-refractivity contribution >= 4 is 12.2 Å². The molecule has 0 saturated heterocycles. The van der Waals surface area contributed by atoms with Crippen LogP contribution in [-0.4, -0.2) is 35.5 Å². The number of carbonyl (C=O) groups excluding carboxylic acids is 2.